The summed E-state index contributed by atoms with van der Waals surface area (Å²) in [5, 5.41) is 8.75. The average molecular weight is 470 g/mol. The summed E-state index contributed by atoms with van der Waals surface area (Å²) < 4.78 is 0. The van der Waals surface area contributed by atoms with Crippen molar-refractivity contribution < 1.29 is 4.79 Å². The van der Waals surface area contributed by atoms with Crippen LogP contribution in [-0.4, -0.2) is 60.3 Å². The van der Waals surface area contributed by atoms with Crippen molar-refractivity contribution in [2.75, 3.05) is 49.1 Å². The Hall–Kier alpha value is -3.41. The Bertz CT molecular complexity index is 1130. The minimum atomic E-state index is -0.0220. The van der Waals surface area contributed by atoms with Crippen molar-refractivity contribution in [3.63, 3.8) is 0 Å². The number of rotatable bonds is 5. The highest BCUT2D eigenvalue weighted by atomic mass is 16.2. The van der Waals surface area contributed by atoms with Crippen LogP contribution in [0.15, 0.2) is 60.7 Å². The van der Waals surface area contributed by atoms with Crippen LogP contribution in [0.2, 0.25) is 0 Å². The van der Waals surface area contributed by atoms with E-state index in [2.05, 4.69) is 82.4 Å². The Morgan fingerprint density at radius 1 is 0.829 bits per heavy atom. The van der Waals surface area contributed by atoms with Crippen molar-refractivity contribution in [1.82, 2.24) is 15.1 Å². The van der Waals surface area contributed by atoms with Gasteiger partial charge < -0.3 is 14.7 Å². The molecular weight excluding hydrogens is 434 g/mol. The molecule has 2 aliphatic heterocycles. The molecule has 1 amide bonds. The first-order valence-corrected chi connectivity index (χ1v) is 12.8. The maximum absolute atomic E-state index is 13.1. The largest absolute Gasteiger partial charge is 0.368 e. The summed E-state index contributed by atoms with van der Waals surface area (Å²) in [4.78, 5) is 19.6. The standard InChI is InChI=1S/C29H35N5O/c1-22-8-9-23(2)27(20-22)32-16-18-34(19-17-32)29(35)26-10-11-28(31-30-26)33-14-12-25(13-15-33)21-24-6-4-3-5-7-24/h3-11,20,25H,12-19,21H2,1-2H3. The first kappa shape index (κ1) is 23.3. The fourth-order valence-electron chi connectivity index (χ4n) is 5.29. The van der Waals surface area contributed by atoms with Crippen molar-refractivity contribution in [3.8, 4) is 0 Å². The number of piperazine rings is 1. The lowest BCUT2D eigenvalue weighted by Gasteiger charge is -2.36. The molecule has 0 N–H and O–H groups in total. The van der Waals surface area contributed by atoms with Crippen LogP contribution in [0.5, 0.6) is 0 Å². The molecule has 182 valence electrons. The number of amides is 1. The summed E-state index contributed by atoms with van der Waals surface area (Å²) in [7, 11) is 0. The predicted octanol–water partition coefficient (Wildman–Crippen LogP) is 4.51. The molecular formula is C29H35N5O. The second kappa shape index (κ2) is 10.5. The van der Waals surface area contributed by atoms with E-state index < -0.39 is 0 Å². The number of aryl methyl sites for hydroxylation is 2. The minimum Gasteiger partial charge on any atom is -0.368 e. The first-order chi connectivity index (χ1) is 17.1. The van der Waals surface area contributed by atoms with Crippen molar-refractivity contribution in [2.24, 2.45) is 5.92 Å². The molecule has 2 aliphatic rings. The highest BCUT2D eigenvalue weighted by Crippen LogP contribution is 2.25. The maximum Gasteiger partial charge on any atom is 0.274 e. The molecule has 0 saturated carbocycles. The summed E-state index contributed by atoms with van der Waals surface area (Å²) >= 11 is 0. The van der Waals surface area contributed by atoms with E-state index in [1.54, 1.807) is 0 Å². The third kappa shape index (κ3) is 5.47. The number of carbonyl (C=O) groups excluding carboxylic acids is 1. The van der Waals surface area contributed by atoms with E-state index in [1.165, 1.54) is 22.4 Å². The van der Waals surface area contributed by atoms with Crippen molar-refractivity contribution >= 4 is 17.4 Å². The third-order valence-corrected chi connectivity index (χ3v) is 7.45. The van der Waals surface area contributed by atoms with Gasteiger partial charge in [0.25, 0.3) is 5.91 Å². The molecule has 0 radical (unpaired) electrons. The fraction of sp³-hybridized carbons (Fsp3) is 0.414. The van der Waals surface area contributed by atoms with Gasteiger partial charge in [-0.2, -0.15) is 0 Å². The lowest BCUT2D eigenvalue weighted by atomic mass is 9.90. The highest BCUT2D eigenvalue weighted by Gasteiger charge is 2.25. The molecule has 2 aromatic carbocycles. The molecule has 2 fully saturated rings. The monoisotopic (exact) mass is 469 g/mol. The molecule has 0 bridgehead atoms. The molecule has 35 heavy (non-hydrogen) atoms. The zero-order chi connectivity index (χ0) is 24.2. The smallest absolute Gasteiger partial charge is 0.274 e. The molecule has 1 aromatic heterocycles. The lowest BCUT2D eigenvalue weighted by molar-refractivity contribution is 0.0739. The molecule has 6 nitrogen and oxygen atoms in total. The SMILES string of the molecule is Cc1ccc(C)c(N2CCN(C(=O)c3ccc(N4CCC(Cc5ccccc5)CC4)nn3)CC2)c1. The third-order valence-electron chi connectivity index (χ3n) is 7.45. The van der Waals surface area contributed by atoms with Gasteiger partial charge in [0.2, 0.25) is 0 Å². The van der Waals surface area contributed by atoms with E-state index in [4.69, 9.17) is 0 Å². The van der Waals surface area contributed by atoms with Crippen LogP contribution < -0.4 is 9.80 Å². The topological polar surface area (TPSA) is 52.6 Å². The van der Waals surface area contributed by atoms with Gasteiger partial charge in [-0.15, -0.1) is 10.2 Å². The highest BCUT2D eigenvalue weighted by molar-refractivity contribution is 5.92. The normalized spacial score (nSPS) is 17.0. The summed E-state index contributed by atoms with van der Waals surface area (Å²) in [5.41, 5.74) is 5.67. The van der Waals surface area contributed by atoms with Crippen molar-refractivity contribution in [1.29, 1.82) is 0 Å². The second-order valence-electron chi connectivity index (χ2n) is 9.97. The van der Waals surface area contributed by atoms with Crippen LogP contribution in [0.1, 0.15) is 40.0 Å². The van der Waals surface area contributed by atoms with E-state index in [-0.39, 0.29) is 5.91 Å². The molecule has 6 heteroatoms. The molecule has 3 aromatic rings. The van der Waals surface area contributed by atoms with Gasteiger partial charge in [0.05, 0.1) is 0 Å². The molecule has 0 atom stereocenters. The van der Waals surface area contributed by atoms with Crippen molar-refractivity contribution in [3.05, 3.63) is 83.0 Å². The zero-order valence-electron chi connectivity index (χ0n) is 20.9. The lowest BCUT2D eigenvalue weighted by Crippen LogP contribution is -2.49. The quantitative estimate of drug-likeness (QED) is 0.550. The van der Waals surface area contributed by atoms with Crippen LogP contribution in [0.25, 0.3) is 0 Å². The Labute approximate surface area is 208 Å². The van der Waals surface area contributed by atoms with Crippen molar-refractivity contribution in [2.45, 2.75) is 33.1 Å². The Morgan fingerprint density at radius 2 is 1.57 bits per heavy atom. The minimum absolute atomic E-state index is 0.0220. The van der Waals surface area contributed by atoms with Gasteiger partial charge in [-0.25, -0.2) is 0 Å². The number of hydrogen-bond donors (Lipinski definition) is 0. The number of anilines is 2. The number of aromatic nitrogens is 2. The Kier molecular flexibility index (Phi) is 6.98. The number of hydrogen-bond acceptors (Lipinski definition) is 5. The summed E-state index contributed by atoms with van der Waals surface area (Å²) in [6, 6.07) is 21.1. The average Bonchev–Trinajstić information content (AvgIpc) is 2.91. The van der Waals surface area contributed by atoms with Crippen LogP contribution in [0.3, 0.4) is 0 Å². The van der Waals surface area contributed by atoms with E-state index in [0.717, 1.165) is 51.3 Å². The predicted molar refractivity (Wildman–Crippen MR) is 141 cm³/mol. The van der Waals surface area contributed by atoms with Crippen LogP contribution in [0, 0.1) is 19.8 Å². The van der Waals surface area contributed by atoms with Crippen LogP contribution in [-0.2, 0) is 6.42 Å². The Balaban J connectivity index is 1.13. The van der Waals surface area contributed by atoms with Gasteiger partial charge >= 0.3 is 0 Å². The summed E-state index contributed by atoms with van der Waals surface area (Å²) in [5.74, 6) is 1.57. The van der Waals surface area contributed by atoms with E-state index in [0.29, 0.717) is 24.7 Å². The van der Waals surface area contributed by atoms with Gasteiger partial charge in [-0.3, -0.25) is 4.79 Å². The van der Waals surface area contributed by atoms with Gasteiger partial charge in [-0.1, -0.05) is 42.5 Å². The van der Waals surface area contributed by atoms with E-state index in [1.807, 2.05) is 17.0 Å². The van der Waals surface area contributed by atoms with E-state index in [9.17, 15) is 4.79 Å². The molecule has 0 spiro atoms. The molecule has 2 saturated heterocycles. The van der Waals surface area contributed by atoms with Gasteiger partial charge in [0.1, 0.15) is 0 Å². The van der Waals surface area contributed by atoms with Crippen LogP contribution >= 0.6 is 0 Å². The number of benzene rings is 2. The molecule has 0 unspecified atom stereocenters. The van der Waals surface area contributed by atoms with Crippen LogP contribution in [0.4, 0.5) is 11.5 Å². The van der Waals surface area contributed by atoms with Gasteiger partial charge in [0, 0.05) is 45.0 Å². The molecule has 3 heterocycles. The van der Waals surface area contributed by atoms with Gasteiger partial charge in [0.15, 0.2) is 11.5 Å². The number of carbonyl (C=O) groups is 1. The number of piperidine rings is 1. The molecule has 5 rings (SSSR count). The Morgan fingerprint density at radius 3 is 2.26 bits per heavy atom. The zero-order valence-corrected chi connectivity index (χ0v) is 20.9. The first-order valence-electron chi connectivity index (χ1n) is 12.8. The number of nitrogens with zero attached hydrogens (tertiary/aromatic N) is 5. The second-order valence-corrected chi connectivity index (χ2v) is 9.97. The fourth-order valence-corrected chi connectivity index (χ4v) is 5.29. The summed E-state index contributed by atoms with van der Waals surface area (Å²) in [6.45, 7) is 9.31. The van der Waals surface area contributed by atoms with Gasteiger partial charge in [-0.05, 0) is 73.9 Å². The molecule has 0 aliphatic carbocycles. The maximum atomic E-state index is 13.1. The van der Waals surface area contributed by atoms with E-state index >= 15 is 0 Å². The summed E-state index contributed by atoms with van der Waals surface area (Å²) in [6.07, 6.45) is 3.45.